The Labute approximate surface area is 142 Å². The number of nitrogens with zero attached hydrogens (tertiary/aromatic N) is 3. The number of carbonyl (C=O) groups excluding carboxylic acids is 1. The van der Waals surface area contributed by atoms with Gasteiger partial charge in [-0.25, -0.2) is 14.8 Å². The Bertz CT molecular complexity index is 1050. The van der Waals surface area contributed by atoms with Crippen LogP contribution in [-0.4, -0.2) is 25.4 Å². The number of carbonyl (C=O) groups is 1. The van der Waals surface area contributed by atoms with Crippen molar-refractivity contribution < 1.29 is 4.79 Å². The summed E-state index contributed by atoms with van der Waals surface area (Å²) in [7, 11) is 0. The van der Waals surface area contributed by atoms with Gasteiger partial charge in [-0.2, -0.15) is 0 Å². The minimum Gasteiger partial charge on any atom is -0.307 e. The number of aromatic amines is 1. The number of aromatic nitrogens is 4. The molecule has 3 heterocycles. The summed E-state index contributed by atoms with van der Waals surface area (Å²) in [5.41, 5.74) is 0.379. The highest BCUT2D eigenvalue weighted by molar-refractivity contribution is 6.05. The molecule has 8 heteroatoms. The first kappa shape index (κ1) is 16.6. The fourth-order valence-corrected chi connectivity index (χ4v) is 2.45. The molecule has 0 fully saturated rings. The molecule has 128 valence electrons. The van der Waals surface area contributed by atoms with Crippen molar-refractivity contribution in [1.29, 1.82) is 0 Å². The molecule has 0 aliphatic rings. The zero-order valence-electron chi connectivity index (χ0n) is 13.9. The smallest absolute Gasteiger partial charge is 0.307 e. The molecule has 0 spiro atoms. The van der Waals surface area contributed by atoms with E-state index in [4.69, 9.17) is 0 Å². The number of nitrogens with one attached hydrogen (secondary N) is 2. The van der Waals surface area contributed by atoms with E-state index in [0.29, 0.717) is 18.8 Å². The quantitative estimate of drug-likeness (QED) is 0.747. The maximum atomic E-state index is 12.4. The molecule has 0 atom stereocenters. The Morgan fingerprint density at radius 2 is 2.04 bits per heavy atom. The lowest BCUT2D eigenvalue weighted by Gasteiger charge is -2.09. The standard InChI is InChI=1S/C17H17N5O3/c1-3-6-22-14-12(16(24)21-17(22)25)7-11(9-19-14)15(23)20-13-5-4-10(2)8-18-13/h4-5,7-9H,3,6H2,1-2H3,(H,18,20,23)(H,21,24,25). The minimum absolute atomic E-state index is 0.192. The van der Waals surface area contributed by atoms with Crippen LogP contribution in [0, 0.1) is 6.92 Å². The number of fused-ring (bicyclic) bond motifs is 1. The minimum atomic E-state index is -0.567. The maximum Gasteiger partial charge on any atom is 0.329 e. The highest BCUT2D eigenvalue weighted by Crippen LogP contribution is 2.11. The molecule has 1 amide bonds. The molecule has 0 saturated carbocycles. The number of H-pyrrole nitrogens is 1. The third kappa shape index (κ3) is 3.32. The summed E-state index contributed by atoms with van der Waals surface area (Å²) in [4.78, 5) is 46.9. The van der Waals surface area contributed by atoms with Crippen molar-refractivity contribution in [2.24, 2.45) is 0 Å². The van der Waals surface area contributed by atoms with Gasteiger partial charge in [0.05, 0.1) is 10.9 Å². The fourth-order valence-electron chi connectivity index (χ4n) is 2.45. The first-order chi connectivity index (χ1) is 12.0. The lowest BCUT2D eigenvalue weighted by Crippen LogP contribution is -2.31. The van der Waals surface area contributed by atoms with E-state index in [1.807, 2.05) is 19.9 Å². The molecule has 3 aromatic heterocycles. The Morgan fingerprint density at radius 1 is 1.24 bits per heavy atom. The Kier molecular flexibility index (Phi) is 4.42. The van der Waals surface area contributed by atoms with Crippen LogP contribution in [0.1, 0.15) is 29.3 Å². The zero-order valence-corrected chi connectivity index (χ0v) is 13.9. The number of pyridine rings is 2. The SMILES string of the molecule is CCCn1c(=O)[nH]c(=O)c2cc(C(=O)Nc3ccc(C)cn3)cnc21. The van der Waals surface area contributed by atoms with E-state index in [1.165, 1.54) is 16.8 Å². The van der Waals surface area contributed by atoms with Crippen LogP contribution in [0.4, 0.5) is 5.82 Å². The molecule has 0 aromatic carbocycles. The molecule has 0 saturated heterocycles. The summed E-state index contributed by atoms with van der Waals surface area (Å²) in [6.45, 7) is 4.24. The largest absolute Gasteiger partial charge is 0.329 e. The molecule has 8 nitrogen and oxygen atoms in total. The van der Waals surface area contributed by atoms with E-state index in [-0.39, 0.29) is 16.6 Å². The monoisotopic (exact) mass is 339 g/mol. The van der Waals surface area contributed by atoms with E-state index < -0.39 is 17.2 Å². The molecule has 0 aliphatic heterocycles. The van der Waals surface area contributed by atoms with Crippen molar-refractivity contribution in [3.63, 3.8) is 0 Å². The molecule has 0 unspecified atom stereocenters. The van der Waals surface area contributed by atoms with Gasteiger partial charge in [-0.3, -0.25) is 19.1 Å². The second kappa shape index (κ2) is 6.68. The van der Waals surface area contributed by atoms with Gasteiger partial charge < -0.3 is 5.32 Å². The van der Waals surface area contributed by atoms with E-state index in [2.05, 4.69) is 20.3 Å². The van der Waals surface area contributed by atoms with Crippen LogP contribution in [0.2, 0.25) is 0 Å². The zero-order chi connectivity index (χ0) is 18.0. The van der Waals surface area contributed by atoms with Crippen LogP contribution in [0.25, 0.3) is 11.0 Å². The third-order valence-corrected chi connectivity index (χ3v) is 3.69. The van der Waals surface area contributed by atoms with Crippen molar-refractivity contribution in [2.75, 3.05) is 5.32 Å². The van der Waals surface area contributed by atoms with Crippen molar-refractivity contribution in [1.82, 2.24) is 19.5 Å². The number of amides is 1. The van der Waals surface area contributed by atoms with Gasteiger partial charge in [-0.1, -0.05) is 13.0 Å². The predicted molar refractivity (Wildman–Crippen MR) is 93.8 cm³/mol. The predicted octanol–water partition coefficient (Wildman–Crippen LogP) is 1.45. The van der Waals surface area contributed by atoms with Crippen LogP contribution in [0.5, 0.6) is 0 Å². The Hall–Kier alpha value is -3.29. The molecule has 0 bridgehead atoms. The number of rotatable bonds is 4. The summed E-state index contributed by atoms with van der Waals surface area (Å²) in [5.74, 6) is -0.0287. The van der Waals surface area contributed by atoms with E-state index in [1.54, 1.807) is 12.3 Å². The topological polar surface area (TPSA) is 110 Å². The van der Waals surface area contributed by atoms with Crippen LogP contribution >= 0.6 is 0 Å². The van der Waals surface area contributed by atoms with Gasteiger partial charge in [0.2, 0.25) is 0 Å². The summed E-state index contributed by atoms with van der Waals surface area (Å²) in [5, 5.41) is 2.84. The van der Waals surface area contributed by atoms with Crippen LogP contribution in [0.3, 0.4) is 0 Å². The van der Waals surface area contributed by atoms with Gasteiger partial charge in [-0.05, 0) is 31.0 Å². The highest BCUT2D eigenvalue weighted by Gasteiger charge is 2.13. The summed E-state index contributed by atoms with van der Waals surface area (Å²) in [6, 6.07) is 4.94. The van der Waals surface area contributed by atoms with Crippen molar-refractivity contribution in [3.8, 4) is 0 Å². The van der Waals surface area contributed by atoms with Gasteiger partial charge in [0.1, 0.15) is 11.5 Å². The highest BCUT2D eigenvalue weighted by atomic mass is 16.2. The number of aryl methyl sites for hydroxylation is 2. The van der Waals surface area contributed by atoms with Crippen molar-refractivity contribution >= 4 is 22.8 Å². The number of hydrogen-bond acceptors (Lipinski definition) is 5. The van der Waals surface area contributed by atoms with Gasteiger partial charge in [0.25, 0.3) is 11.5 Å². The summed E-state index contributed by atoms with van der Waals surface area (Å²) in [6.07, 6.45) is 3.70. The average Bonchev–Trinajstić information content (AvgIpc) is 2.60. The van der Waals surface area contributed by atoms with Gasteiger partial charge in [0, 0.05) is 18.9 Å². The van der Waals surface area contributed by atoms with Crippen LogP contribution in [0.15, 0.2) is 40.2 Å². The van der Waals surface area contributed by atoms with Crippen molar-refractivity contribution in [2.45, 2.75) is 26.8 Å². The van der Waals surface area contributed by atoms with E-state index in [0.717, 1.165) is 5.56 Å². The molecule has 0 aliphatic carbocycles. The summed E-state index contributed by atoms with van der Waals surface area (Å²) >= 11 is 0. The van der Waals surface area contributed by atoms with Gasteiger partial charge >= 0.3 is 5.69 Å². The lowest BCUT2D eigenvalue weighted by molar-refractivity contribution is 0.102. The lowest BCUT2D eigenvalue weighted by atomic mass is 10.2. The average molecular weight is 339 g/mol. The molecular formula is C17H17N5O3. The Morgan fingerprint density at radius 3 is 2.72 bits per heavy atom. The van der Waals surface area contributed by atoms with Crippen LogP contribution < -0.4 is 16.6 Å². The Balaban J connectivity index is 2.00. The fraction of sp³-hybridized carbons (Fsp3) is 0.235. The number of anilines is 1. The molecule has 2 N–H and O–H groups in total. The van der Waals surface area contributed by atoms with E-state index >= 15 is 0 Å². The maximum absolute atomic E-state index is 12.4. The molecule has 0 radical (unpaired) electrons. The third-order valence-electron chi connectivity index (χ3n) is 3.69. The molecule has 25 heavy (non-hydrogen) atoms. The second-order valence-electron chi connectivity index (χ2n) is 5.68. The van der Waals surface area contributed by atoms with Crippen molar-refractivity contribution in [3.05, 3.63) is 62.6 Å². The second-order valence-corrected chi connectivity index (χ2v) is 5.68. The molecular weight excluding hydrogens is 322 g/mol. The van der Waals surface area contributed by atoms with Gasteiger partial charge in [-0.15, -0.1) is 0 Å². The first-order valence-corrected chi connectivity index (χ1v) is 7.86. The first-order valence-electron chi connectivity index (χ1n) is 7.86. The molecule has 3 aromatic rings. The van der Waals surface area contributed by atoms with E-state index in [9.17, 15) is 14.4 Å². The van der Waals surface area contributed by atoms with Gasteiger partial charge in [0.15, 0.2) is 0 Å². The summed E-state index contributed by atoms with van der Waals surface area (Å²) < 4.78 is 1.39. The molecule has 3 rings (SSSR count). The van der Waals surface area contributed by atoms with Crippen LogP contribution in [-0.2, 0) is 6.54 Å². The normalized spacial score (nSPS) is 10.8. The number of hydrogen-bond donors (Lipinski definition) is 2.